The van der Waals surface area contributed by atoms with Crippen LogP contribution in [0.15, 0.2) is 24.3 Å². The largest absolute Gasteiger partial charge is 0.315 e. The maximum atomic E-state index is 6.24. The normalized spacial score (nSPS) is 11.8. The van der Waals surface area contributed by atoms with Crippen molar-refractivity contribution in [1.82, 2.24) is 10.3 Å². The minimum Gasteiger partial charge on any atom is -0.315 e. The number of rotatable bonds is 4. The molecule has 0 spiro atoms. The minimum absolute atomic E-state index is 0.0708. The summed E-state index contributed by atoms with van der Waals surface area (Å²) in [5.41, 5.74) is 2.40. The van der Waals surface area contributed by atoms with Gasteiger partial charge in [0.1, 0.15) is 0 Å². The van der Waals surface area contributed by atoms with Gasteiger partial charge in [-0.15, -0.1) is 11.3 Å². The summed E-state index contributed by atoms with van der Waals surface area (Å²) >= 11 is 8.02. The molecule has 0 aliphatic rings. The van der Waals surface area contributed by atoms with Crippen molar-refractivity contribution in [3.05, 3.63) is 50.4 Å². The predicted molar refractivity (Wildman–Crippen MR) is 87.8 cm³/mol. The van der Waals surface area contributed by atoms with E-state index < -0.39 is 0 Å². The van der Waals surface area contributed by atoms with Crippen LogP contribution in [0.5, 0.6) is 0 Å². The summed E-state index contributed by atoms with van der Waals surface area (Å²) < 4.78 is 0. The van der Waals surface area contributed by atoms with Gasteiger partial charge in [-0.1, -0.05) is 50.6 Å². The number of thiazole rings is 1. The van der Waals surface area contributed by atoms with Gasteiger partial charge in [0.2, 0.25) is 0 Å². The molecule has 2 rings (SSSR count). The Balaban J connectivity index is 2.32. The molecule has 1 aromatic carbocycles. The van der Waals surface area contributed by atoms with Gasteiger partial charge in [0.25, 0.3) is 0 Å². The molecule has 0 amide bonds. The lowest BCUT2D eigenvalue weighted by atomic mass is 9.91. The quantitative estimate of drug-likeness (QED) is 0.905. The Hall–Kier alpha value is -0.900. The van der Waals surface area contributed by atoms with Gasteiger partial charge in [0.05, 0.1) is 10.7 Å². The first-order valence-electron chi connectivity index (χ1n) is 6.79. The summed E-state index contributed by atoms with van der Waals surface area (Å²) in [6.45, 7) is 7.49. The predicted octanol–water partition coefficient (Wildman–Crippen LogP) is 4.40. The molecule has 0 radical (unpaired) electrons. The molecule has 4 heteroatoms. The van der Waals surface area contributed by atoms with Gasteiger partial charge in [-0.05, 0) is 18.7 Å². The summed E-state index contributed by atoms with van der Waals surface area (Å²) in [5.74, 6) is 0. The Bertz CT molecular complexity index is 584. The van der Waals surface area contributed by atoms with Gasteiger partial charge < -0.3 is 5.32 Å². The fourth-order valence-electron chi connectivity index (χ4n) is 2.15. The first-order valence-corrected chi connectivity index (χ1v) is 7.98. The number of hydrogen-bond donors (Lipinski definition) is 1. The van der Waals surface area contributed by atoms with Gasteiger partial charge in [0.15, 0.2) is 0 Å². The van der Waals surface area contributed by atoms with Crippen LogP contribution in [-0.4, -0.2) is 12.0 Å². The lowest BCUT2D eigenvalue weighted by molar-refractivity contribution is 0.561. The summed E-state index contributed by atoms with van der Waals surface area (Å²) in [7, 11) is 1.97. The lowest BCUT2D eigenvalue weighted by Crippen LogP contribution is -2.16. The Morgan fingerprint density at radius 1 is 1.25 bits per heavy atom. The summed E-state index contributed by atoms with van der Waals surface area (Å²) in [6, 6.07) is 7.98. The molecule has 0 unspecified atom stereocenters. The summed E-state index contributed by atoms with van der Waals surface area (Å²) in [4.78, 5) is 6.18. The van der Waals surface area contributed by atoms with Crippen LogP contribution in [0.3, 0.4) is 0 Å². The van der Waals surface area contributed by atoms with Crippen molar-refractivity contribution in [1.29, 1.82) is 0 Å². The first-order chi connectivity index (χ1) is 9.41. The highest BCUT2D eigenvalue weighted by atomic mass is 35.5. The first kappa shape index (κ1) is 15.5. The molecule has 0 fully saturated rings. The molecule has 20 heavy (non-hydrogen) atoms. The lowest BCUT2D eigenvalue weighted by Gasteiger charge is -2.17. The van der Waals surface area contributed by atoms with Crippen LogP contribution in [0, 0.1) is 0 Å². The average molecular weight is 309 g/mol. The Morgan fingerprint density at radius 3 is 2.55 bits per heavy atom. The SMILES string of the molecule is CNCc1sc(Cc2ccccc2Cl)nc1C(C)(C)C. The van der Waals surface area contributed by atoms with E-state index in [0.717, 1.165) is 28.6 Å². The van der Waals surface area contributed by atoms with Crippen molar-refractivity contribution in [2.75, 3.05) is 7.05 Å². The second-order valence-electron chi connectivity index (χ2n) is 5.93. The molecule has 0 atom stereocenters. The monoisotopic (exact) mass is 308 g/mol. The van der Waals surface area contributed by atoms with Crippen LogP contribution < -0.4 is 5.32 Å². The highest BCUT2D eigenvalue weighted by Crippen LogP contribution is 2.31. The van der Waals surface area contributed by atoms with E-state index in [0.29, 0.717) is 0 Å². The van der Waals surface area contributed by atoms with E-state index in [1.54, 1.807) is 11.3 Å². The van der Waals surface area contributed by atoms with Crippen LogP contribution in [-0.2, 0) is 18.4 Å². The molecule has 0 aliphatic carbocycles. The van der Waals surface area contributed by atoms with Gasteiger partial charge in [-0.3, -0.25) is 0 Å². The van der Waals surface area contributed by atoms with Crippen LogP contribution in [0.4, 0.5) is 0 Å². The number of aromatic nitrogens is 1. The standard InChI is InChI=1S/C16H21ClN2S/c1-16(2,3)15-13(10-18-4)20-14(19-15)9-11-7-5-6-8-12(11)17/h5-8,18H,9-10H2,1-4H3. The molecule has 108 valence electrons. The third kappa shape index (κ3) is 3.60. The third-order valence-corrected chi connectivity index (χ3v) is 4.51. The van der Waals surface area contributed by atoms with E-state index in [2.05, 4.69) is 32.2 Å². The third-order valence-electron chi connectivity index (χ3n) is 3.09. The van der Waals surface area contributed by atoms with Gasteiger partial charge in [-0.2, -0.15) is 0 Å². The molecule has 2 aromatic rings. The molecule has 0 aliphatic heterocycles. The van der Waals surface area contributed by atoms with E-state index >= 15 is 0 Å². The van der Waals surface area contributed by atoms with Gasteiger partial charge in [0, 0.05) is 28.3 Å². The highest BCUT2D eigenvalue weighted by molar-refractivity contribution is 7.11. The van der Waals surface area contributed by atoms with Crippen LogP contribution in [0.2, 0.25) is 5.02 Å². The summed E-state index contributed by atoms with van der Waals surface area (Å²) in [5, 5.41) is 5.18. The van der Waals surface area contributed by atoms with E-state index in [9.17, 15) is 0 Å². The molecular formula is C16H21ClN2S. The molecule has 1 aromatic heterocycles. The van der Waals surface area contributed by atoms with E-state index in [1.165, 1.54) is 10.6 Å². The van der Waals surface area contributed by atoms with E-state index in [4.69, 9.17) is 16.6 Å². The Kier molecular flexibility index (Phi) is 4.84. The highest BCUT2D eigenvalue weighted by Gasteiger charge is 2.23. The molecule has 1 heterocycles. The second-order valence-corrected chi connectivity index (χ2v) is 7.50. The molecule has 0 saturated carbocycles. The van der Waals surface area contributed by atoms with Crippen molar-refractivity contribution in [3.8, 4) is 0 Å². The molecule has 0 saturated heterocycles. The maximum Gasteiger partial charge on any atom is 0.0976 e. The zero-order chi connectivity index (χ0) is 14.8. The van der Waals surface area contributed by atoms with E-state index in [-0.39, 0.29) is 5.41 Å². The summed E-state index contributed by atoms with van der Waals surface area (Å²) in [6.07, 6.45) is 0.803. The van der Waals surface area contributed by atoms with E-state index in [1.807, 2.05) is 25.2 Å². The van der Waals surface area contributed by atoms with Crippen molar-refractivity contribution in [2.45, 2.75) is 39.2 Å². The Morgan fingerprint density at radius 2 is 1.95 bits per heavy atom. The van der Waals surface area contributed by atoms with Crippen molar-refractivity contribution >= 4 is 22.9 Å². The minimum atomic E-state index is 0.0708. The topological polar surface area (TPSA) is 24.9 Å². The van der Waals surface area contributed by atoms with Gasteiger partial charge >= 0.3 is 0 Å². The van der Waals surface area contributed by atoms with Crippen molar-refractivity contribution in [3.63, 3.8) is 0 Å². The second kappa shape index (κ2) is 6.25. The fraction of sp³-hybridized carbons (Fsp3) is 0.438. The molecular weight excluding hydrogens is 288 g/mol. The van der Waals surface area contributed by atoms with Crippen LogP contribution in [0.25, 0.3) is 0 Å². The number of nitrogens with one attached hydrogen (secondary N) is 1. The molecule has 0 bridgehead atoms. The number of benzene rings is 1. The van der Waals surface area contributed by atoms with Crippen LogP contribution >= 0.6 is 22.9 Å². The maximum absolute atomic E-state index is 6.24. The zero-order valence-corrected chi connectivity index (χ0v) is 14.0. The van der Waals surface area contributed by atoms with Crippen molar-refractivity contribution < 1.29 is 0 Å². The number of nitrogens with zero attached hydrogens (tertiary/aromatic N) is 1. The number of halogens is 1. The molecule has 1 N–H and O–H groups in total. The van der Waals surface area contributed by atoms with Gasteiger partial charge in [-0.25, -0.2) is 4.98 Å². The number of hydrogen-bond acceptors (Lipinski definition) is 3. The smallest absolute Gasteiger partial charge is 0.0976 e. The fourth-order valence-corrected chi connectivity index (χ4v) is 3.66. The van der Waals surface area contributed by atoms with Crippen LogP contribution in [0.1, 0.15) is 41.9 Å². The molecule has 2 nitrogen and oxygen atoms in total. The Labute approximate surface area is 130 Å². The van der Waals surface area contributed by atoms with Crippen molar-refractivity contribution in [2.24, 2.45) is 0 Å². The zero-order valence-electron chi connectivity index (χ0n) is 12.5. The average Bonchev–Trinajstić information content (AvgIpc) is 2.76.